The second-order valence-corrected chi connectivity index (χ2v) is 7.14. The second kappa shape index (κ2) is 10.1. The van der Waals surface area contributed by atoms with Crippen LogP contribution in [0, 0.1) is 0 Å². The summed E-state index contributed by atoms with van der Waals surface area (Å²) < 4.78 is 9.99. The third-order valence-electron chi connectivity index (χ3n) is 4.07. The first kappa shape index (κ1) is 20.1. The zero-order valence-electron chi connectivity index (χ0n) is 15.7. The fourth-order valence-electron chi connectivity index (χ4n) is 2.66. The molecule has 0 aliphatic heterocycles. The molecule has 2 aromatic carbocycles. The van der Waals surface area contributed by atoms with E-state index >= 15 is 0 Å². The predicted molar refractivity (Wildman–Crippen MR) is 106 cm³/mol. The monoisotopic (exact) mass is 375 g/mol. The molecule has 0 saturated heterocycles. The maximum Gasteiger partial charge on any atom is 0.305 e. The average molecular weight is 375 g/mol. The molecule has 2 rings (SSSR count). The molecule has 0 aliphatic carbocycles. The number of hydrogen-bond acceptors (Lipinski definition) is 6. The number of carbonyl (C=O) groups is 1. The van der Waals surface area contributed by atoms with Gasteiger partial charge in [-0.15, -0.1) is 11.8 Å². The van der Waals surface area contributed by atoms with Crippen LogP contribution in [0.3, 0.4) is 0 Å². The highest BCUT2D eigenvalue weighted by molar-refractivity contribution is 8.00. The summed E-state index contributed by atoms with van der Waals surface area (Å²) in [7, 11) is 4.63. The highest BCUT2D eigenvalue weighted by atomic mass is 32.2. The van der Waals surface area contributed by atoms with Gasteiger partial charge in [0.25, 0.3) is 0 Å². The topological polar surface area (TPSA) is 57.1 Å². The third kappa shape index (κ3) is 5.66. The van der Waals surface area contributed by atoms with Crippen molar-refractivity contribution in [2.45, 2.75) is 36.3 Å². The summed E-state index contributed by atoms with van der Waals surface area (Å²) in [6.07, 6.45) is 1.97. The molecule has 0 bridgehead atoms. The van der Waals surface area contributed by atoms with Gasteiger partial charge in [-0.1, -0.05) is 17.3 Å². The maximum atomic E-state index is 11.4. The molecule has 0 spiro atoms. The summed E-state index contributed by atoms with van der Waals surface area (Å²) in [6.45, 7) is 1.95. The largest absolute Gasteiger partial charge is 0.497 e. The standard InChI is InChI=1S/C20H25NO4S/c1-14(21-25-4)19(6-5-7-20(22)24-3)26-18-11-9-15-12-17(23-2)10-8-16(15)13-18/h8-13,19H,5-7H2,1-4H3/b21-14+. The first-order valence-electron chi connectivity index (χ1n) is 8.46. The Hall–Kier alpha value is -2.21. The van der Waals surface area contributed by atoms with Crippen LogP contribution in [0.2, 0.25) is 0 Å². The Morgan fingerprint density at radius 3 is 2.54 bits per heavy atom. The van der Waals surface area contributed by atoms with Crippen LogP contribution >= 0.6 is 11.8 Å². The zero-order chi connectivity index (χ0) is 18.9. The lowest BCUT2D eigenvalue weighted by molar-refractivity contribution is -0.140. The minimum absolute atomic E-state index is 0.135. The molecule has 0 heterocycles. The molecule has 1 unspecified atom stereocenters. The van der Waals surface area contributed by atoms with Crippen LogP contribution in [-0.2, 0) is 14.4 Å². The van der Waals surface area contributed by atoms with E-state index in [-0.39, 0.29) is 11.2 Å². The highest BCUT2D eigenvalue weighted by Crippen LogP contribution is 2.31. The van der Waals surface area contributed by atoms with Gasteiger partial charge in [0, 0.05) is 11.3 Å². The van der Waals surface area contributed by atoms with Crippen molar-refractivity contribution in [1.82, 2.24) is 0 Å². The number of methoxy groups -OCH3 is 2. The van der Waals surface area contributed by atoms with Crippen molar-refractivity contribution in [3.05, 3.63) is 36.4 Å². The number of rotatable bonds is 9. The molecule has 5 nitrogen and oxygen atoms in total. The lowest BCUT2D eigenvalue weighted by Crippen LogP contribution is -2.15. The van der Waals surface area contributed by atoms with E-state index in [0.717, 1.165) is 40.0 Å². The Morgan fingerprint density at radius 1 is 1.12 bits per heavy atom. The number of carbonyl (C=O) groups excluding carboxylic acids is 1. The van der Waals surface area contributed by atoms with Gasteiger partial charge in [0.05, 0.1) is 25.2 Å². The van der Waals surface area contributed by atoms with Crippen molar-refractivity contribution in [2.24, 2.45) is 5.16 Å². The molecular formula is C20H25NO4S. The number of oxime groups is 1. The zero-order valence-corrected chi connectivity index (χ0v) is 16.5. The van der Waals surface area contributed by atoms with E-state index < -0.39 is 0 Å². The minimum atomic E-state index is -0.185. The fourth-order valence-corrected chi connectivity index (χ4v) is 3.82. The molecular weight excluding hydrogens is 350 g/mol. The smallest absolute Gasteiger partial charge is 0.305 e. The van der Waals surface area contributed by atoms with E-state index in [0.29, 0.717) is 6.42 Å². The molecule has 1 atom stereocenters. The SMILES string of the molecule is CO/N=C(\C)C(CCCC(=O)OC)Sc1ccc2cc(OC)ccc2c1. The molecule has 26 heavy (non-hydrogen) atoms. The van der Waals surface area contributed by atoms with Crippen molar-refractivity contribution >= 4 is 34.2 Å². The van der Waals surface area contributed by atoms with Crippen molar-refractivity contribution in [2.75, 3.05) is 21.3 Å². The third-order valence-corrected chi connectivity index (χ3v) is 5.46. The number of nitrogens with zero attached hydrogens (tertiary/aromatic N) is 1. The highest BCUT2D eigenvalue weighted by Gasteiger charge is 2.16. The summed E-state index contributed by atoms with van der Waals surface area (Å²) in [5.74, 6) is 0.663. The molecule has 2 aromatic rings. The van der Waals surface area contributed by atoms with Gasteiger partial charge in [-0.2, -0.15) is 0 Å². The van der Waals surface area contributed by atoms with Gasteiger partial charge in [0.1, 0.15) is 12.9 Å². The van der Waals surface area contributed by atoms with Crippen molar-refractivity contribution in [1.29, 1.82) is 0 Å². The van der Waals surface area contributed by atoms with Crippen LogP contribution in [-0.4, -0.2) is 38.3 Å². The Labute approximate surface area is 158 Å². The lowest BCUT2D eigenvalue weighted by Gasteiger charge is -2.16. The predicted octanol–water partition coefficient (Wildman–Crippen LogP) is 4.67. The molecule has 0 amide bonds. The average Bonchev–Trinajstić information content (AvgIpc) is 2.66. The minimum Gasteiger partial charge on any atom is -0.497 e. The number of fused-ring (bicyclic) bond motifs is 1. The van der Waals surface area contributed by atoms with E-state index in [1.54, 1.807) is 26.0 Å². The first-order chi connectivity index (χ1) is 12.6. The van der Waals surface area contributed by atoms with Gasteiger partial charge in [0.15, 0.2) is 0 Å². The fraction of sp³-hybridized carbons (Fsp3) is 0.400. The van der Waals surface area contributed by atoms with E-state index in [4.69, 9.17) is 14.3 Å². The van der Waals surface area contributed by atoms with Gasteiger partial charge in [0.2, 0.25) is 0 Å². The molecule has 0 N–H and O–H groups in total. The number of esters is 1. The summed E-state index contributed by atoms with van der Waals surface area (Å²) >= 11 is 1.73. The van der Waals surface area contributed by atoms with Crippen molar-refractivity contribution < 1.29 is 19.1 Å². The summed E-state index contributed by atoms with van der Waals surface area (Å²) in [4.78, 5) is 17.4. The van der Waals surface area contributed by atoms with Gasteiger partial charge in [-0.05, 0) is 54.8 Å². The van der Waals surface area contributed by atoms with Gasteiger partial charge < -0.3 is 14.3 Å². The van der Waals surface area contributed by atoms with Gasteiger partial charge in [-0.3, -0.25) is 4.79 Å². The van der Waals surface area contributed by atoms with Crippen LogP contribution in [0.4, 0.5) is 0 Å². The van der Waals surface area contributed by atoms with Crippen LogP contribution in [0.1, 0.15) is 26.2 Å². The van der Waals surface area contributed by atoms with Crippen LogP contribution in [0.25, 0.3) is 10.8 Å². The van der Waals surface area contributed by atoms with Crippen molar-refractivity contribution in [3.8, 4) is 5.75 Å². The number of ether oxygens (including phenoxy) is 2. The second-order valence-electron chi connectivity index (χ2n) is 5.86. The Bertz CT molecular complexity index is 775. The molecule has 0 saturated carbocycles. The molecule has 6 heteroatoms. The van der Waals surface area contributed by atoms with Crippen LogP contribution in [0.5, 0.6) is 5.75 Å². The van der Waals surface area contributed by atoms with Crippen molar-refractivity contribution in [3.63, 3.8) is 0 Å². The van der Waals surface area contributed by atoms with Crippen LogP contribution in [0.15, 0.2) is 46.4 Å². The van der Waals surface area contributed by atoms with E-state index in [1.165, 1.54) is 7.11 Å². The Balaban J connectivity index is 2.14. The Morgan fingerprint density at radius 2 is 1.85 bits per heavy atom. The van der Waals surface area contributed by atoms with E-state index in [9.17, 15) is 4.79 Å². The molecule has 0 aromatic heterocycles. The maximum absolute atomic E-state index is 11.4. The van der Waals surface area contributed by atoms with Gasteiger partial charge in [-0.25, -0.2) is 0 Å². The lowest BCUT2D eigenvalue weighted by atomic mass is 10.1. The summed E-state index contributed by atoms with van der Waals surface area (Å²) in [6, 6.07) is 12.4. The normalized spacial score (nSPS) is 12.7. The van der Waals surface area contributed by atoms with Gasteiger partial charge >= 0.3 is 5.97 Å². The number of thioether (sulfide) groups is 1. The molecule has 0 radical (unpaired) electrons. The number of hydrogen-bond donors (Lipinski definition) is 0. The van der Waals surface area contributed by atoms with Crippen LogP contribution < -0.4 is 4.74 Å². The van der Waals surface area contributed by atoms with E-state index in [1.807, 2.05) is 19.1 Å². The molecule has 0 aliphatic rings. The molecule has 140 valence electrons. The number of benzene rings is 2. The summed E-state index contributed by atoms with van der Waals surface area (Å²) in [5, 5.41) is 6.52. The van der Waals surface area contributed by atoms with E-state index in [2.05, 4.69) is 29.4 Å². The first-order valence-corrected chi connectivity index (χ1v) is 9.34. The Kier molecular flexibility index (Phi) is 7.78. The molecule has 0 fully saturated rings. The quantitative estimate of drug-likeness (QED) is 0.276. The summed E-state index contributed by atoms with van der Waals surface area (Å²) in [5.41, 5.74) is 0.900.